The molecule has 2 saturated carbocycles. The summed E-state index contributed by atoms with van der Waals surface area (Å²) in [5.74, 6) is -0.401. The lowest BCUT2D eigenvalue weighted by atomic mass is 9.92. The zero-order valence-corrected chi connectivity index (χ0v) is 12.9. The van der Waals surface area contributed by atoms with Crippen LogP contribution in [-0.4, -0.2) is 47.9 Å². The van der Waals surface area contributed by atoms with Gasteiger partial charge in [-0.2, -0.15) is 0 Å². The van der Waals surface area contributed by atoms with E-state index in [0.717, 1.165) is 12.8 Å². The summed E-state index contributed by atoms with van der Waals surface area (Å²) in [6.07, 6.45) is 3.67. The van der Waals surface area contributed by atoms with Gasteiger partial charge in [-0.3, -0.25) is 4.79 Å². The van der Waals surface area contributed by atoms with E-state index in [0.29, 0.717) is 18.0 Å². The molecule has 102 valence electrons. The minimum absolute atomic E-state index is 0.0734. The zero-order chi connectivity index (χ0) is 13.0. The standard InChI is InChI=1S/C12H17BrO4S/c1-15-10(14)12(18-2)7-6-11(16-3-4-17-11)9(12)5-8(7)13/h7-9H,3-6H2,1-2H3/t7-,8+,9+,12-/m0/s1. The molecule has 2 aliphatic carbocycles. The molecule has 4 atom stereocenters. The number of ether oxygens (including phenoxy) is 3. The van der Waals surface area contributed by atoms with Crippen molar-refractivity contribution in [3.63, 3.8) is 0 Å². The second-order valence-electron chi connectivity index (χ2n) is 5.11. The average molecular weight is 337 g/mol. The maximum absolute atomic E-state index is 12.3. The molecule has 0 aromatic heterocycles. The van der Waals surface area contributed by atoms with Crippen LogP contribution in [0.4, 0.5) is 0 Å². The van der Waals surface area contributed by atoms with E-state index in [1.54, 1.807) is 11.8 Å². The zero-order valence-electron chi connectivity index (χ0n) is 10.5. The van der Waals surface area contributed by atoms with Crippen molar-refractivity contribution in [2.75, 3.05) is 26.6 Å². The monoisotopic (exact) mass is 336 g/mol. The summed E-state index contributed by atoms with van der Waals surface area (Å²) in [4.78, 5) is 12.7. The number of rotatable bonds is 2. The molecule has 4 nitrogen and oxygen atoms in total. The first kappa shape index (κ1) is 13.2. The lowest BCUT2D eigenvalue weighted by Gasteiger charge is -2.35. The fourth-order valence-corrected chi connectivity index (χ4v) is 6.46. The molecule has 3 aliphatic rings. The molecule has 6 heteroatoms. The number of hydrogen-bond donors (Lipinski definition) is 0. The number of carbonyl (C=O) groups is 1. The molecule has 3 rings (SSSR count). The Kier molecular flexibility index (Phi) is 3.20. The molecule has 1 spiro atoms. The van der Waals surface area contributed by atoms with Crippen molar-refractivity contribution in [3.05, 3.63) is 0 Å². The van der Waals surface area contributed by atoms with Crippen LogP contribution >= 0.6 is 27.7 Å². The number of methoxy groups -OCH3 is 1. The summed E-state index contributed by atoms with van der Waals surface area (Å²) in [5.41, 5.74) is 0. The van der Waals surface area contributed by atoms with Crippen LogP contribution in [0.15, 0.2) is 0 Å². The van der Waals surface area contributed by atoms with E-state index in [2.05, 4.69) is 15.9 Å². The molecule has 0 unspecified atom stereocenters. The van der Waals surface area contributed by atoms with Crippen molar-refractivity contribution in [1.29, 1.82) is 0 Å². The largest absolute Gasteiger partial charge is 0.468 e. The van der Waals surface area contributed by atoms with E-state index >= 15 is 0 Å². The van der Waals surface area contributed by atoms with Gasteiger partial charge < -0.3 is 14.2 Å². The van der Waals surface area contributed by atoms with Crippen molar-refractivity contribution in [2.24, 2.45) is 11.8 Å². The number of esters is 1. The summed E-state index contributed by atoms with van der Waals surface area (Å²) >= 11 is 5.30. The van der Waals surface area contributed by atoms with Gasteiger partial charge in [0.1, 0.15) is 4.75 Å². The van der Waals surface area contributed by atoms with E-state index in [1.165, 1.54) is 7.11 Å². The van der Waals surface area contributed by atoms with Gasteiger partial charge in [0.05, 0.1) is 20.3 Å². The second kappa shape index (κ2) is 4.36. The van der Waals surface area contributed by atoms with Gasteiger partial charge in [-0.1, -0.05) is 15.9 Å². The van der Waals surface area contributed by atoms with Gasteiger partial charge in [0.2, 0.25) is 0 Å². The van der Waals surface area contributed by atoms with Crippen molar-refractivity contribution in [2.45, 2.75) is 28.2 Å². The van der Waals surface area contributed by atoms with Gasteiger partial charge in [-0.05, 0) is 12.7 Å². The Morgan fingerprint density at radius 2 is 2.11 bits per heavy atom. The van der Waals surface area contributed by atoms with Crippen molar-refractivity contribution >= 4 is 33.7 Å². The van der Waals surface area contributed by atoms with Crippen LogP contribution in [0.1, 0.15) is 12.8 Å². The van der Waals surface area contributed by atoms with Gasteiger partial charge in [0, 0.05) is 23.1 Å². The molecule has 1 heterocycles. The highest BCUT2D eigenvalue weighted by molar-refractivity contribution is 9.09. The van der Waals surface area contributed by atoms with Crippen LogP contribution in [0.25, 0.3) is 0 Å². The first-order valence-corrected chi connectivity index (χ1v) is 8.30. The molecule has 3 fully saturated rings. The van der Waals surface area contributed by atoms with Crippen molar-refractivity contribution in [1.82, 2.24) is 0 Å². The Morgan fingerprint density at radius 3 is 2.67 bits per heavy atom. The molecule has 1 aliphatic heterocycles. The summed E-state index contributed by atoms with van der Waals surface area (Å²) in [6, 6.07) is 0. The molecular formula is C12H17BrO4S. The molecule has 0 aromatic rings. The van der Waals surface area contributed by atoms with E-state index < -0.39 is 10.5 Å². The van der Waals surface area contributed by atoms with Crippen LogP contribution in [0.2, 0.25) is 0 Å². The van der Waals surface area contributed by atoms with Gasteiger partial charge >= 0.3 is 5.97 Å². The third kappa shape index (κ3) is 1.43. The quantitative estimate of drug-likeness (QED) is 0.568. The highest BCUT2D eigenvalue weighted by Gasteiger charge is 2.74. The molecule has 0 amide bonds. The van der Waals surface area contributed by atoms with E-state index in [9.17, 15) is 4.79 Å². The Balaban J connectivity index is 2.02. The highest BCUT2D eigenvalue weighted by atomic mass is 79.9. The first-order chi connectivity index (χ1) is 8.60. The van der Waals surface area contributed by atoms with E-state index in [1.807, 2.05) is 6.26 Å². The third-order valence-electron chi connectivity index (χ3n) is 4.62. The van der Waals surface area contributed by atoms with Crippen LogP contribution in [0.5, 0.6) is 0 Å². The molecular weight excluding hydrogens is 320 g/mol. The third-order valence-corrected chi connectivity index (χ3v) is 7.06. The molecule has 0 aromatic carbocycles. The second-order valence-corrected chi connectivity index (χ2v) is 7.37. The van der Waals surface area contributed by atoms with Crippen molar-refractivity contribution < 1.29 is 19.0 Å². The van der Waals surface area contributed by atoms with Crippen LogP contribution in [0, 0.1) is 11.8 Å². The average Bonchev–Trinajstić information content (AvgIpc) is 3.02. The maximum Gasteiger partial charge on any atom is 0.322 e. The van der Waals surface area contributed by atoms with Gasteiger partial charge in [-0.15, -0.1) is 11.8 Å². The fourth-order valence-electron chi connectivity index (χ4n) is 3.95. The van der Waals surface area contributed by atoms with Gasteiger partial charge in [0.25, 0.3) is 0 Å². The topological polar surface area (TPSA) is 44.8 Å². The predicted octanol–water partition coefficient (Wildman–Crippen LogP) is 1.81. The Morgan fingerprint density at radius 1 is 1.44 bits per heavy atom. The molecule has 2 bridgehead atoms. The number of alkyl halides is 1. The minimum atomic E-state index is -0.549. The molecule has 0 N–H and O–H groups in total. The molecule has 18 heavy (non-hydrogen) atoms. The molecule has 0 radical (unpaired) electrons. The Hall–Kier alpha value is 0.220. The summed E-state index contributed by atoms with van der Waals surface area (Å²) in [6.45, 7) is 1.25. The summed E-state index contributed by atoms with van der Waals surface area (Å²) < 4.78 is 16.3. The lowest BCUT2D eigenvalue weighted by molar-refractivity contribution is -0.193. The predicted molar refractivity (Wildman–Crippen MR) is 71.8 cm³/mol. The SMILES string of the molecule is COC(=O)[C@@]1(SC)[C@@H]2C[C@@H](Br)[C@@H]1CC21OCCO1. The van der Waals surface area contributed by atoms with Gasteiger partial charge in [-0.25, -0.2) is 0 Å². The Bertz CT molecular complexity index is 371. The normalized spacial score (nSPS) is 44.7. The van der Waals surface area contributed by atoms with Crippen molar-refractivity contribution in [3.8, 4) is 0 Å². The fraction of sp³-hybridized carbons (Fsp3) is 0.917. The van der Waals surface area contributed by atoms with E-state index in [-0.39, 0.29) is 17.8 Å². The lowest BCUT2D eigenvalue weighted by Crippen LogP contribution is -2.46. The van der Waals surface area contributed by atoms with E-state index in [4.69, 9.17) is 14.2 Å². The number of halogens is 1. The smallest absolute Gasteiger partial charge is 0.322 e. The number of carbonyl (C=O) groups excluding carboxylic acids is 1. The first-order valence-electron chi connectivity index (χ1n) is 6.16. The number of fused-ring (bicyclic) bond motifs is 3. The Labute approximate surface area is 119 Å². The maximum atomic E-state index is 12.3. The minimum Gasteiger partial charge on any atom is -0.468 e. The summed E-state index contributed by atoms with van der Waals surface area (Å²) in [7, 11) is 1.46. The van der Waals surface area contributed by atoms with Crippen LogP contribution in [0.3, 0.4) is 0 Å². The number of hydrogen-bond acceptors (Lipinski definition) is 5. The number of thioether (sulfide) groups is 1. The van der Waals surface area contributed by atoms with Crippen LogP contribution in [-0.2, 0) is 19.0 Å². The van der Waals surface area contributed by atoms with Crippen LogP contribution < -0.4 is 0 Å². The summed E-state index contributed by atoms with van der Waals surface area (Å²) in [5, 5.41) is 0. The molecule has 1 saturated heterocycles. The van der Waals surface area contributed by atoms with Gasteiger partial charge in [0.15, 0.2) is 5.79 Å². The highest BCUT2D eigenvalue weighted by Crippen LogP contribution is 2.66.